The summed E-state index contributed by atoms with van der Waals surface area (Å²) >= 11 is 5.78. The molecule has 0 radical (unpaired) electrons. The fraction of sp³-hybridized carbons (Fsp3) is 0.467. The number of ether oxygens (including phenoxy) is 1. The summed E-state index contributed by atoms with van der Waals surface area (Å²) in [5.41, 5.74) is 2.39. The first-order valence-corrected chi connectivity index (χ1v) is 7.46. The summed E-state index contributed by atoms with van der Waals surface area (Å²) in [5, 5.41) is 0.601. The van der Waals surface area contributed by atoms with Crippen molar-refractivity contribution in [3.05, 3.63) is 29.3 Å². The van der Waals surface area contributed by atoms with Crippen molar-refractivity contribution in [1.82, 2.24) is 10.4 Å². The molecule has 1 saturated heterocycles. The molecule has 0 bridgehead atoms. The number of rotatable bonds is 5. The Bertz CT molecular complexity index is 535. The van der Waals surface area contributed by atoms with Crippen molar-refractivity contribution < 1.29 is 19.2 Å². The summed E-state index contributed by atoms with van der Waals surface area (Å²) in [4.78, 5) is 30.2. The van der Waals surface area contributed by atoms with Crippen LogP contribution < -0.4 is 10.2 Å². The average Bonchev–Trinajstić information content (AvgIpc) is 2.96. The van der Waals surface area contributed by atoms with Crippen molar-refractivity contribution in [2.75, 3.05) is 13.1 Å². The van der Waals surface area contributed by atoms with Gasteiger partial charge in [0.15, 0.2) is 6.10 Å². The molecule has 2 rings (SSSR count). The van der Waals surface area contributed by atoms with Crippen molar-refractivity contribution in [2.24, 2.45) is 0 Å². The van der Waals surface area contributed by atoms with E-state index in [0.717, 1.165) is 0 Å². The number of amides is 2. The number of halogens is 1. The van der Waals surface area contributed by atoms with Gasteiger partial charge in [-0.1, -0.05) is 11.6 Å². The summed E-state index contributed by atoms with van der Waals surface area (Å²) in [6.07, 6.45) is -0.186. The summed E-state index contributed by atoms with van der Waals surface area (Å²) in [6.45, 7) is 4.28. The molecule has 6 nitrogen and oxygen atoms in total. The van der Waals surface area contributed by atoms with Crippen LogP contribution in [-0.4, -0.2) is 42.0 Å². The topological polar surface area (TPSA) is 67.9 Å². The summed E-state index contributed by atoms with van der Waals surface area (Å²) in [6, 6.07) is 6.75. The van der Waals surface area contributed by atoms with E-state index in [1.54, 1.807) is 36.1 Å². The van der Waals surface area contributed by atoms with Gasteiger partial charge < -0.3 is 9.64 Å². The van der Waals surface area contributed by atoms with Crippen molar-refractivity contribution in [1.29, 1.82) is 0 Å². The van der Waals surface area contributed by atoms with Crippen molar-refractivity contribution in [3.63, 3.8) is 0 Å². The number of carbonyl (C=O) groups is 2. The first-order valence-electron chi connectivity index (χ1n) is 7.09. The minimum atomic E-state index is -0.702. The van der Waals surface area contributed by atoms with Crippen LogP contribution in [0.25, 0.3) is 0 Å². The van der Waals surface area contributed by atoms with Gasteiger partial charge >= 0.3 is 0 Å². The van der Waals surface area contributed by atoms with E-state index in [-0.39, 0.29) is 17.9 Å². The van der Waals surface area contributed by atoms with Gasteiger partial charge in [0.05, 0.1) is 0 Å². The van der Waals surface area contributed by atoms with E-state index in [0.29, 0.717) is 30.3 Å². The van der Waals surface area contributed by atoms with E-state index in [9.17, 15) is 9.59 Å². The predicted molar refractivity (Wildman–Crippen MR) is 81.4 cm³/mol. The van der Waals surface area contributed by atoms with Gasteiger partial charge in [0.2, 0.25) is 5.91 Å². The molecular formula is C15H19ClN2O4. The molecule has 1 aliphatic heterocycles. The van der Waals surface area contributed by atoms with Crippen LogP contribution in [-0.2, 0) is 14.4 Å². The zero-order valence-electron chi connectivity index (χ0n) is 12.5. The lowest BCUT2D eigenvalue weighted by Gasteiger charge is -2.17. The van der Waals surface area contributed by atoms with Crippen LogP contribution >= 0.6 is 11.6 Å². The normalized spacial score (nSPS) is 18.9. The first kappa shape index (κ1) is 16.6. The van der Waals surface area contributed by atoms with Crippen LogP contribution in [0.1, 0.15) is 20.3 Å². The summed E-state index contributed by atoms with van der Waals surface area (Å²) in [5.74, 6) is 0.184. The molecule has 2 amide bonds. The first-order chi connectivity index (χ1) is 10.5. The fourth-order valence-electron chi connectivity index (χ4n) is 2.11. The molecule has 1 heterocycles. The highest BCUT2D eigenvalue weighted by Crippen LogP contribution is 2.17. The number of hydrogen-bond acceptors (Lipinski definition) is 4. The minimum Gasteiger partial charge on any atom is -0.481 e. The second kappa shape index (κ2) is 7.47. The lowest BCUT2D eigenvalue weighted by atomic mass is 10.3. The highest BCUT2D eigenvalue weighted by Gasteiger charge is 2.26. The van der Waals surface area contributed by atoms with Crippen LogP contribution in [0.2, 0.25) is 5.02 Å². The van der Waals surface area contributed by atoms with Gasteiger partial charge in [0.1, 0.15) is 11.9 Å². The van der Waals surface area contributed by atoms with Crippen LogP contribution in [0.5, 0.6) is 5.75 Å². The standard InChI is InChI=1S/C15H19ClN2O4/c1-10(21-13-5-3-12(16)4-6-13)15(20)17-22-14-7-8-18(9-14)11(2)19/h3-6,10,14H,7-9H2,1-2H3,(H,17,20)/t10-,14?/m0/s1. The Labute approximate surface area is 134 Å². The van der Waals surface area contributed by atoms with Gasteiger partial charge in [0, 0.05) is 25.0 Å². The maximum Gasteiger partial charge on any atom is 0.284 e. The largest absolute Gasteiger partial charge is 0.481 e. The second-order valence-corrected chi connectivity index (χ2v) is 5.61. The monoisotopic (exact) mass is 326 g/mol. The Morgan fingerprint density at radius 2 is 2.05 bits per heavy atom. The maximum atomic E-state index is 11.9. The average molecular weight is 327 g/mol. The molecule has 1 aromatic rings. The third kappa shape index (κ3) is 4.61. The van der Waals surface area contributed by atoms with Crippen molar-refractivity contribution in [3.8, 4) is 5.75 Å². The minimum absolute atomic E-state index is 0.0110. The van der Waals surface area contributed by atoms with Gasteiger partial charge in [-0.25, -0.2) is 5.48 Å². The summed E-state index contributed by atoms with van der Waals surface area (Å²) in [7, 11) is 0. The zero-order chi connectivity index (χ0) is 16.1. The van der Waals surface area contributed by atoms with E-state index >= 15 is 0 Å². The van der Waals surface area contributed by atoms with Gasteiger partial charge in [-0.3, -0.25) is 14.4 Å². The number of nitrogens with one attached hydrogen (secondary N) is 1. The Kier molecular flexibility index (Phi) is 5.63. The van der Waals surface area contributed by atoms with Crippen LogP contribution in [0, 0.1) is 0 Å². The molecular weight excluding hydrogens is 308 g/mol. The number of benzene rings is 1. The number of carbonyl (C=O) groups excluding carboxylic acids is 2. The fourth-order valence-corrected chi connectivity index (χ4v) is 2.23. The number of hydrogen-bond donors (Lipinski definition) is 1. The van der Waals surface area contributed by atoms with Gasteiger partial charge in [-0.2, -0.15) is 0 Å². The molecule has 1 aliphatic rings. The SMILES string of the molecule is CC(=O)N1CCC(ONC(=O)[C@H](C)Oc2ccc(Cl)cc2)C1. The third-order valence-electron chi connectivity index (χ3n) is 3.41. The molecule has 0 spiro atoms. The van der Waals surface area contributed by atoms with Gasteiger partial charge in [-0.05, 0) is 37.6 Å². The molecule has 120 valence electrons. The van der Waals surface area contributed by atoms with Crippen LogP contribution in [0.4, 0.5) is 0 Å². The van der Waals surface area contributed by atoms with E-state index in [1.807, 2.05) is 0 Å². The van der Waals surface area contributed by atoms with Crippen molar-refractivity contribution in [2.45, 2.75) is 32.5 Å². The molecule has 7 heteroatoms. The molecule has 0 aliphatic carbocycles. The molecule has 1 N–H and O–H groups in total. The molecule has 1 unspecified atom stereocenters. The van der Waals surface area contributed by atoms with Crippen LogP contribution in [0.15, 0.2) is 24.3 Å². The number of likely N-dealkylation sites (tertiary alicyclic amines) is 1. The Hall–Kier alpha value is -1.79. The molecule has 0 saturated carbocycles. The highest BCUT2D eigenvalue weighted by atomic mass is 35.5. The third-order valence-corrected chi connectivity index (χ3v) is 3.66. The number of hydroxylamine groups is 1. The highest BCUT2D eigenvalue weighted by molar-refractivity contribution is 6.30. The van der Waals surface area contributed by atoms with Gasteiger partial charge in [0.25, 0.3) is 5.91 Å². The van der Waals surface area contributed by atoms with E-state index in [1.165, 1.54) is 6.92 Å². The van der Waals surface area contributed by atoms with E-state index in [4.69, 9.17) is 21.2 Å². The molecule has 1 fully saturated rings. The smallest absolute Gasteiger partial charge is 0.284 e. The van der Waals surface area contributed by atoms with E-state index < -0.39 is 6.10 Å². The van der Waals surface area contributed by atoms with E-state index in [2.05, 4.69) is 5.48 Å². The maximum absolute atomic E-state index is 11.9. The number of nitrogens with zero attached hydrogens (tertiary/aromatic N) is 1. The second-order valence-electron chi connectivity index (χ2n) is 5.17. The predicted octanol–water partition coefficient (Wildman–Crippen LogP) is 1.78. The Morgan fingerprint density at radius 1 is 1.36 bits per heavy atom. The quantitative estimate of drug-likeness (QED) is 0.837. The van der Waals surface area contributed by atoms with Gasteiger partial charge in [-0.15, -0.1) is 0 Å². The summed E-state index contributed by atoms with van der Waals surface area (Å²) < 4.78 is 5.49. The Morgan fingerprint density at radius 3 is 2.64 bits per heavy atom. The zero-order valence-corrected chi connectivity index (χ0v) is 13.3. The lowest BCUT2D eigenvalue weighted by molar-refractivity contribution is -0.144. The Balaban J connectivity index is 1.75. The molecule has 1 aromatic carbocycles. The lowest BCUT2D eigenvalue weighted by Crippen LogP contribution is -2.39. The van der Waals surface area contributed by atoms with Crippen LogP contribution in [0.3, 0.4) is 0 Å². The van der Waals surface area contributed by atoms with Crippen molar-refractivity contribution >= 4 is 23.4 Å². The molecule has 22 heavy (non-hydrogen) atoms. The molecule has 0 aromatic heterocycles. The molecule has 2 atom stereocenters.